The molecule has 6 nitrogen and oxygen atoms in total. The van der Waals surface area contributed by atoms with E-state index in [1.54, 1.807) is 18.9 Å². The van der Waals surface area contributed by atoms with Crippen molar-refractivity contribution in [2.24, 2.45) is 0 Å². The number of aromatic nitrogens is 2. The molecule has 0 radical (unpaired) electrons. The van der Waals surface area contributed by atoms with E-state index in [4.69, 9.17) is 9.63 Å². The third-order valence-corrected chi connectivity index (χ3v) is 2.39. The van der Waals surface area contributed by atoms with E-state index in [0.29, 0.717) is 18.3 Å². The molecule has 0 saturated heterocycles. The number of hydrogen-bond acceptors (Lipinski definition) is 5. The highest BCUT2D eigenvalue weighted by Gasteiger charge is 2.19. The second-order valence-corrected chi connectivity index (χ2v) is 3.78. The zero-order valence-corrected chi connectivity index (χ0v) is 9.80. The lowest BCUT2D eigenvalue weighted by molar-refractivity contribution is -0.142. The highest BCUT2D eigenvalue weighted by Crippen LogP contribution is 2.05. The predicted octanol–water partition coefficient (Wildman–Crippen LogP) is 0.927. The van der Waals surface area contributed by atoms with Gasteiger partial charge in [0.25, 0.3) is 0 Å². The average molecular weight is 227 g/mol. The Bertz CT molecular complexity index is 351. The highest BCUT2D eigenvalue weighted by atomic mass is 16.5. The van der Waals surface area contributed by atoms with E-state index < -0.39 is 12.0 Å². The van der Waals surface area contributed by atoms with Crippen molar-refractivity contribution in [1.82, 2.24) is 15.0 Å². The quantitative estimate of drug-likeness (QED) is 0.778. The summed E-state index contributed by atoms with van der Waals surface area (Å²) in [6, 6.07) is -0.568. The summed E-state index contributed by atoms with van der Waals surface area (Å²) in [6.07, 6.45) is 1.74. The van der Waals surface area contributed by atoms with Crippen molar-refractivity contribution in [3.05, 3.63) is 11.7 Å². The summed E-state index contributed by atoms with van der Waals surface area (Å²) in [5, 5.41) is 12.6. The predicted molar refractivity (Wildman–Crippen MR) is 56.9 cm³/mol. The molecule has 90 valence electrons. The van der Waals surface area contributed by atoms with Gasteiger partial charge in [-0.05, 0) is 20.4 Å². The molecule has 1 N–H and O–H groups in total. The van der Waals surface area contributed by atoms with Crippen molar-refractivity contribution >= 4 is 5.97 Å². The first-order valence-electron chi connectivity index (χ1n) is 5.29. The molecule has 0 aliphatic rings. The van der Waals surface area contributed by atoms with Gasteiger partial charge in [-0.1, -0.05) is 12.1 Å². The number of carboxylic acids is 1. The maximum atomic E-state index is 10.7. The zero-order valence-electron chi connectivity index (χ0n) is 9.80. The number of aliphatic carboxylic acids is 1. The summed E-state index contributed by atoms with van der Waals surface area (Å²) in [7, 11) is 1.71. The van der Waals surface area contributed by atoms with Crippen LogP contribution >= 0.6 is 0 Å². The van der Waals surface area contributed by atoms with E-state index in [9.17, 15) is 4.79 Å². The summed E-state index contributed by atoms with van der Waals surface area (Å²) in [5.74, 6) is 0.267. The second kappa shape index (κ2) is 5.60. The van der Waals surface area contributed by atoms with E-state index in [2.05, 4.69) is 10.1 Å². The van der Waals surface area contributed by atoms with Crippen LogP contribution in [0.2, 0.25) is 0 Å². The molecule has 1 unspecified atom stereocenters. The average Bonchev–Trinajstić information content (AvgIpc) is 2.65. The molecule has 0 spiro atoms. The SMILES string of the molecule is CCCc1noc(CN(C)C(C)C(=O)O)n1. The van der Waals surface area contributed by atoms with Gasteiger partial charge in [-0.2, -0.15) is 4.98 Å². The first-order valence-corrected chi connectivity index (χ1v) is 5.29. The largest absolute Gasteiger partial charge is 0.480 e. The van der Waals surface area contributed by atoms with Gasteiger partial charge in [-0.25, -0.2) is 0 Å². The summed E-state index contributed by atoms with van der Waals surface area (Å²) < 4.78 is 5.02. The third-order valence-electron chi connectivity index (χ3n) is 2.39. The fraction of sp³-hybridized carbons (Fsp3) is 0.700. The van der Waals surface area contributed by atoms with Gasteiger partial charge in [0.1, 0.15) is 6.04 Å². The van der Waals surface area contributed by atoms with Crippen LogP contribution < -0.4 is 0 Å². The van der Waals surface area contributed by atoms with E-state index in [1.165, 1.54) is 0 Å². The number of nitrogens with zero attached hydrogens (tertiary/aromatic N) is 3. The Balaban J connectivity index is 2.55. The lowest BCUT2D eigenvalue weighted by Gasteiger charge is -2.18. The summed E-state index contributed by atoms with van der Waals surface area (Å²) in [4.78, 5) is 16.5. The Kier molecular flexibility index (Phi) is 4.42. The minimum Gasteiger partial charge on any atom is -0.480 e. The second-order valence-electron chi connectivity index (χ2n) is 3.78. The number of aryl methyl sites for hydroxylation is 1. The molecule has 0 aromatic carbocycles. The Hall–Kier alpha value is -1.43. The minimum atomic E-state index is -0.865. The maximum Gasteiger partial charge on any atom is 0.320 e. The molecule has 16 heavy (non-hydrogen) atoms. The molecule has 0 bridgehead atoms. The van der Waals surface area contributed by atoms with Crippen LogP contribution in [0.5, 0.6) is 0 Å². The molecular formula is C10H17N3O3. The number of carbonyl (C=O) groups is 1. The summed E-state index contributed by atoms with van der Waals surface area (Å²) >= 11 is 0. The molecule has 1 rings (SSSR count). The molecule has 0 aliphatic heterocycles. The van der Waals surface area contributed by atoms with E-state index in [0.717, 1.165) is 12.8 Å². The molecule has 0 saturated carbocycles. The zero-order chi connectivity index (χ0) is 12.1. The Morgan fingerprint density at radius 3 is 2.88 bits per heavy atom. The topological polar surface area (TPSA) is 79.5 Å². The molecule has 0 amide bonds. The van der Waals surface area contributed by atoms with Gasteiger partial charge in [0, 0.05) is 6.42 Å². The molecule has 1 atom stereocenters. The molecule has 1 heterocycles. The van der Waals surface area contributed by atoms with Gasteiger partial charge in [0.05, 0.1) is 6.54 Å². The van der Waals surface area contributed by atoms with Crippen molar-refractivity contribution in [2.45, 2.75) is 39.3 Å². The first-order chi connectivity index (χ1) is 7.54. The number of likely N-dealkylation sites (N-methyl/N-ethyl adjacent to an activating group) is 1. The maximum absolute atomic E-state index is 10.7. The van der Waals surface area contributed by atoms with Crippen LogP contribution in [-0.2, 0) is 17.8 Å². The Morgan fingerprint density at radius 2 is 2.31 bits per heavy atom. The van der Waals surface area contributed by atoms with Gasteiger partial charge in [0.15, 0.2) is 5.82 Å². The van der Waals surface area contributed by atoms with Crippen molar-refractivity contribution in [3.8, 4) is 0 Å². The molecule has 1 aromatic heterocycles. The smallest absolute Gasteiger partial charge is 0.320 e. The van der Waals surface area contributed by atoms with E-state index in [-0.39, 0.29) is 0 Å². The molecular weight excluding hydrogens is 210 g/mol. The van der Waals surface area contributed by atoms with Gasteiger partial charge >= 0.3 is 5.97 Å². The molecule has 1 aromatic rings. The van der Waals surface area contributed by atoms with Crippen LogP contribution in [0, 0.1) is 0 Å². The van der Waals surface area contributed by atoms with E-state index in [1.807, 2.05) is 6.92 Å². The number of hydrogen-bond donors (Lipinski definition) is 1. The summed E-state index contributed by atoms with van der Waals surface area (Å²) in [5.41, 5.74) is 0. The summed E-state index contributed by atoms with van der Waals surface area (Å²) in [6.45, 7) is 4.00. The van der Waals surface area contributed by atoms with Crippen LogP contribution in [0.4, 0.5) is 0 Å². The van der Waals surface area contributed by atoms with Crippen molar-refractivity contribution < 1.29 is 14.4 Å². The number of carboxylic acid groups (broad SMARTS) is 1. The van der Waals surface area contributed by atoms with Crippen molar-refractivity contribution in [1.29, 1.82) is 0 Å². The van der Waals surface area contributed by atoms with Gasteiger partial charge in [0.2, 0.25) is 5.89 Å². The lowest BCUT2D eigenvalue weighted by Crippen LogP contribution is -2.35. The lowest BCUT2D eigenvalue weighted by atomic mass is 10.3. The first kappa shape index (κ1) is 12.6. The fourth-order valence-electron chi connectivity index (χ4n) is 1.22. The minimum absolute atomic E-state index is 0.351. The normalized spacial score (nSPS) is 13.0. The third kappa shape index (κ3) is 3.30. The molecule has 0 fully saturated rings. The van der Waals surface area contributed by atoms with Crippen LogP contribution in [-0.4, -0.2) is 39.2 Å². The van der Waals surface area contributed by atoms with Crippen LogP contribution in [0.1, 0.15) is 32.0 Å². The highest BCUT2D eigenvalue weighted by molar-refractivity contribution is 5.72. The monoisotopic (exact) mass is 227 g/mol. The van der Waals surface area contributed by atoms with Crippen molar-refractivity contribution in [2.75, 3.05) is 7.05 Å². The molecule has 6 heteroatoms. The van der Waals surface area contributed by atoms with Crippen LogP contribution in [0.3, 0.4) is 0 Å². The van der Waals surface area contributed by atoms with Crippen LogP contribution in [0.25, 0.3) is 0 Å². The van der Waals surface area contributed by atoms with Gasteiger partial charge in [-0.15, -0.1) is 0 Å². The Morgan fingerprint density at radius 1 is 1.62 bits per heavy atom. The van der Waals surface area contributed by atoms with E-state index >= 15 is 0 Å². The standard InChI is InChI=1S/C10H17N3O3/c1-4-5-8-11-9(16-12-8)6-13(3)7(2)10(14)15/h7H,4-6H2,1-3H3,(H,14,15). The Labute approximate surface area is 94.3 Å². The molecule has 0 aliphatic carbocycles. The van der Waals surface area contributed by atoms with Crippen LogP contribution in [0.15, 0.2) is 4.52 Å². The van der Waals surface area contributed by atoms with Crippen molar-refractivity contribution in [3.63, 3.8) is 0 Å². The fourth-order valence-corrected chi connectivity index (χ4v) is 1.22. The van der Waals surface area contributed by atoms with Gasteiger partial charge < -0.3 is 9.63 Å². The van der Waals surface area contributed by atoms with Gasteiger partial charge in [-0.3, -0.25) is 9.69 Å². The number of rotatable bonds is 6.